The summed E-state index contributed by atoms with van der Waals surface area (Å²) < 4.78 is 21.5. The zero-order valence-corrected chi connectivity index (χ0v) is 39.5. The van der Waals surface area contributed by atoms with Crippen molar-refractivity contribution >= 4 is 80.3 Å². The van der Waals surface area contributed by atoms with Crippen molar-refractivity contribution < 1.29 is 14.2 Å². The predicted molar refractivity (Wildman–Crippen MR) is 301 cm³/mol. The minimum absolute atomic E-state index is 0.149. The van der Waals surface area contributed by atoms with E-state index in [2.05, 4.69) is 265 Å². The molecule has 0 unspecified atom stereocenters. The molecular weight excluding hydrogens is 890 g/mol. The molecular formula is C66H42B2N2O3. The third-order valence-electron chi connectivity index (χ3n) is 15.0. The van der Waals surface area contributed by atoms with Crippen LogP contribution in [-0.2, 0) is 0 Å². The fourth-order valence-electron chi connectivity index (χ4n) is 11.9. The number of ether oxygens (including phenoxy) is 3. The Balaban J connectivity index is 0.956. The Bertz CT molecular complexity index is 3940. The van der Waals surface area contributed by atoms with E-state index in [0.29, 0.717) is 0 Å². The Hall–Kier alpha value is -9.45. The van der Waals surface area contributed by atoms with Crippen LogP contribution >= 0.6 is 0 Å². The van der Waals surface area contributed by atoms with Gasteiger partial charge in [-0.1, -0.05) is 182 Å². The Labute approximate surface area is 424 Å². The lowest BCUT2D eigenvalue weighted by Crippen LogP contribution is -2.62. The summed E-state index contributed by atoms with van der Waals surface area (Å²) in [5, 5.41) is 0. The average Bonchev–Trinajstić information content (AvgIpc) is 3.46. The van der Waals surface area contributed by atoms with Crippen molar-refractivity contribution in [3.63, 3.8) is 0 Å². The maximum atomic E-state index is 7.43. The molecule has 0 saturated heterocycles. The van der Waals surface area contributed by atoms with Crippen LogP contribution in [0.4, 0.5) is 34.1 Å². The van der Waals surface area contributed by atoms with Gasteiger partial charge in [0.15, 0.2) is 0 Å². The molecule has 11 aromatic carbocycles. The summed E-state index contributed by atoms with van der Waals surface area (Å²) >= 11 is 0. The molecule has 0 atom stereocenters. The van der Waals surface area contributed by atoms with Crippen LogP contribution in [0, 0.1) is 0 Å². The number of nitrogens with zero attached hydrogens (tertiary/aromatic N) is 2. The van der Waals surface area contributed by atoms with Gasteiger partial charge in [-0.2, -0.15) is 0 Å². The van der Waals surface area contributed by atoms with Gasteiger partial charge in [-0.3, -0.25) is 0 Å². The highest BCUT2D eigenvalue weighted by Gasteiger charge is 2.46. The highest BCUT2D eigenvalue weighted by molar-refractivity contribution is 7.01. The quantitative estimate of drug-likeness (QED) is 0.149. The van der Waals surface area contributed by atoms with Crippen molar-refractivity contribution in [2.75, 3.05) is 9.80 Å². The van der Waals surface area contributed by atoms with Crippen LogP contribution in [0.25, 0.3) is 33.4 Å². The molecule has 0 fully saturated rings. The van der Waals surface area contributed by atoms with Gasteiger partial charge >= 0.3 is 0 Å². The fourth-order valence-corrected chi connectivity index (χ4v) is 11.9. The molecule has 0 N–H and O–H groups in total. The van der Waals surface area contributed by atoms with Gasteiger partial charge < -0.3 is 24.0 Å². The van der Waals surface area contributed by atoms with Gasteiger partial charge in [-0.25, -0.2) is 0 Å². The first kappa shape index (κ1) is 41.3. The van der Waals surface area contributed by atoms with Crippen molar-refractivity contribution in [3.05, 3.63) is 255 Å². The highest BCUT2D eigenvalue weighted by atomic mass is 16.5. The predicted octanol–water partition coefficient (Wildman–Crippen LogP) is 13.3. The number of rotatable bonds is 7. The van der Waals surface area contributed by atoms with Gasteiger partial charge in [-0.05, 0) is 116 Å². The molecule has 4 aliphatic heterocycles. The van der Waals surface area contributed by atoms with E-state index in [1.54, 1.807) is 0 Å². The summed E-state index contributed by atoms with van der Waals surface area (Å²) in [5.74, 6) is 4.76. The van der Waals surface area contributed by atoms with E-state index in [9.17, 15) is 0 Å². The number of anilines is 6. The standard InChI is InChI=1S/C66H42B2N2O3/c1-5-21-43(22-6-1)49-29-13-14-30-50(49)45-37-62-66-63(38-45)72-61-42-60-54(41-55(61)68(66)53-33-17-20-36-59(53)71-62)67-52-32-16-19-35-57(52)70(56-34-18-15-31-51(56)44-23-7-2-8-24-44)58-39-48(40-64(73-60)65(58)67)69(46-25-9-3-10-26-46)47-27-11-4-12-28-47/h1-42H. The average molecular weight is 933 g/mol. The zero-order valence-electron chi connectivity index (χ0n) is 39.5. The summed E-state index contributed by atoms with van der Waals surface area (Å²) in [7, 11) is 0. The smallest absolute Gasteiger partial charge is 0.260 e. The molecule has 4 heterocycles. The molecule has 0 radical (unpaired) electrons. The Morgan fingerprint density at radius 2 is 0.740 bits per heavy atom. The van der Waals surface area contributed by atoms with Crippen molar-refractivity contribution in [2.24, 2.45) is 0 Å². The monoisotopic (exact) mass is 932 g/mol. The van der Waals surface area contributed by atoms with Crippen LogP contribution in [0.15, 0.2) is 255 Å². The second-order valence-electron chi connectivity index (χ2n) is 19.1. The first-order valence-corrected chi connectivity index (χ1v) is 25.0. The van der Waals surface area contributed by atoms with Crippen LogP contribution in [0.2, 0.25) is 0 Å². The Kier molecular flexibility index (Phi) is 9.39. The summed E-state index contributed by atoms with van der Waals surface area (Å²) in [6.07, 6.45) is 0. The molecule has 0 amide bonds. The van der Waals surface area contributed by atoms with Crippen LogP contribution in [0.5, 0.6) is 34.5 Å². The summed E-state index contributed by atoms with van der Waals surface area (Å²) in [6.45, 7) is -0.316. The summed E-state index contributed by atoms with van der Waals surface area (Å²) in [5.41, 5.74) is 19.7. The maximum absolute atomic E-state index is 7.43. The lowest BCUT2D eigenvalue weighted by molar-refractivity contribution is 0.456. The molecule has 5 nitrogen and oxygen atoms in total. The van der Waals surface area contributed by atoms with Crippen LogP contribution in [0.3, 0.4) is 0 Å². The molecule has 73 heavy (non-hydrogen) atoms. The molecule has 7 heteroatoms. The maximum Gasteiger partial charge on any atom is 0.260 e. The number of para-hydroxylation sites is 5. The molecule has 0 spiro atoms. The molecule has 11 aromatic rings. The van der Waals surface area contributed by atoms with Gasteiger partial charge in [0.25, 0.3) is 13.4 Å². The highest BCUT2D eigenvalue weighted by Crippen LogP contribution is 2.49. The molecule has 15 rings (SSSR count). The van der Waals surface area contributed by atoms with E-state index in [-0.39, 0.29) is 13.4 Å². The van der Waals surface area contributed by atoms with Gasteiger partial charge in [0.05, 0.1) is 11.4 Å². The SMILES string of the molecule is c1ccc(-c2ccccc2-c2cc3c4c(c2)Oc2cc5c(cc2B4c2ccccc2O3)B2c3ccccc3N(c3ccccc3-c3ccccc3)c3cc(N(c4ccccc4)c4ccccc4)cc(c32)O5)cc1. The van der Waals surface area contributed by atoms with Crippen LogP contribution in [0.1, 0.15) is 0 Å². The van der Waals surface area contributed by atoms with E-state index in [1.165, 1.54) is 5.46 Å². The Morgan fingerprint density at radius 1 is 0.274 bits per heavy atom. The summed E-state index contributed by atoms with van der Waals surface area (Å²) in [4.78, 5) is 4.79. The number of benzene rings is 11. The van der Waals surface area contributed by atoms with E-state index >= 15 is 0 Å². The largest absolute Gasteiger partial charge is 0.458 e. The van der Waals surface area contributed by atoms with Crippen LogP contribution < -0.4 is 56.8 Å². The zero-order chi connectivity index (χ0) is 48.0. The first-order chi connectivity index (χ1) is 36.2. The van der Waals surface area contributed by atoms with Gasteiger partial charge in [0.1, 0.15) is 34.5 Å². The molecule has 0 bridgehead atoms. The normalized spacial score (nSPS) is 12.9. The minimum Gasteiger partial charge on any atom is -0.458 e. The first-order valence-electron chi connectivity index (χ1n) is 25.0. The third kappa shape index (κ3) is 6.59. The summed E-state index contributed by atoms with van der Waals surface area (Å²) in [6, 6.07) is 90.7. The van der Waals surface area contributed by atoms with Crippen molar-refractivity contribution in [1.82, 2.24) is 0 Å². The van der Waals surface area contributed by atoms with Gasteiger partial charge in [-0.15, -0.1) is 0 Å². The third-order valence-corrected chi connectivity index (χ3v) is 15.0. The van der Waals surface area contributed by atoms with E-state index in [1.807, 2.05) is 0 Å². The second-order valence-corrected chi connectivity index (χ2v) is 19.1. The van der Waals surface area contributed by atoms with Crippen molar-refractivity contribution in [3.8, 4) is 67.9 Å². The lowest BCUT2D eigenvalue weighted by Gasteiger charge is -2.42. The molecule has 0 aliphatic carbocycles. The molecule has 0 saturated carbocycles. The van der Waals surface area contributed by atoms with Crippen LogP contribution in [-0.4, -0.2) is 13.4 Å². The number of fused-ring (bicyclic) bond motifs is 8. The van der Waals surface area contributed by atoms with Crippen molar-refractivity contribution in [2.45, 2.75) is 0 Å². The molecule has 0 aromatic heterocycles. The van der Waals surface area contributed by atoms with E-state index in [4.69, 9.17) is 14.2 Å². The van der Waals surface area contributed by atoms with Crippen molar-refractivity contribution in [1.29, 1.82) is 0 Å². The second kappa shape index (κ2) is 16.6. The minimum atomic E-state index is -0.167. The van der Waals surface area contributed by atoms with E-state index < -0.39 is 0 Å². The van der Waals surface area contributed by atoms with Gasteiger partial charge in [0.2, 0.25) is 0 Å². The van der Waals surface area contributed by atoms with E-state index in [0.717, 1.165) is 129 Å². The molecule has 340 valence electrons. The van der Waals surface area contributed by atoms with Gasteiger partial charge in [0, 0.05) is 45.9 Å². The fraction of sp³-hybridized carbons (Fsp3) is 0. The number of hydrogen-bond acceptors (Lipinski definition) is 5. The Morgan fingerprint density at radius 3 is 1.38 bits per heavy atom. The molecule has 4 aliphatic rings. The number of hydrogen-bond donors (Lipinski definition) is 0. The topological polar surface area (TPSA) is 34.2 Å². The lowest BCUT2D eigenvalue weighted by atomic mass is 9.31.